The minimum atomic E-state index is -0.341. The molecule has 0 bridgehead atoms. The molecule has 5 nitrogen and oxygen atoms in total. The number of phenols is 1. The van der Waals surface area contributed by atoms with Gasteiger partial charge >= 0.3 is 0 Å². The molecule has 134 valence electrons. The van der Waals surface area contributed by atoms with Crippen molar-refractivity contribution in [2.24, 2.45) is 0 Å². The average Bonchev–Trinajstić information content (AvgIpc) is 2.96. The lowest BCUT2D eigenvalue weighted by molar-refractivity contribution is 0.0336. The van der Waals surface area contributed by atoms with Crippen molar-refractivity contribution in [1.82, 2.24) is 4.90 Å². The number of Topliss-reactive ketones (excluding diaryl/α,β-unsaturated/α-hetero) is 1. The maximum Gasteiger partial charge on any atom is 0.231 e. The fourth-order valence-corrected chi connectivity index (χ4v) is 3.14. The van der Waals surface area contributed by atoms with Gasteiger partial charge in [0.25, 0.3) is 0 Å². The van der Waals surface area contributed by atoms with E-state index in [1.54, 1.807) is 24.3 Å². The van der Waals surface area contributed by atoms with Crippen molar-refractivity contribution in [3.63, 3.8) is 0 Å². The molecule has 2 heterocycles. The number of allylic oxidation sites excluding steroid dienone is 1. The van der Waals surface area contributed by atoms with E-state index in [-0.39, 0.29) is 23.1 Å². The Morgan fingerprint density at radius 2 is 1.85 bits per heavy atom. The molecule has 6 heteroatoms. The van der Waals surface area contributed by atoms with E-state index in [1.165, 1.54) is 18.2 Å². The Bertz CT molecular complexity index is 870. The summed E-state index contributed by atoms with van der Waals surface area (Å²) in [5.74, 6) is 0.0840. The number of benzene rings is 2. The molecule has 0 aliphatic carbocycles. The monoisotopic (exact) mass is 355 g/mol. The Morgan fingerprint density at radius 3 is 2.58 bits per heavy atom. The molecule has 0 atom stereocenters. The SMILES string of the molecule is O=C1C(=Cc2ccc(F)cc2)Oc2c1ccc(O)c2CN1CCOCC1. The molecule has 0 amide bonds. The molecule has 0 radical (unpaired) electrons. The quantitative estimate of drug-likeness (QED) is 0.858. The Labute approximate surface area is 150 Å². The number of carbonyl (C=O) groups excluding carboxylic acids is 1. The minimum Gasteiger partial charge on any atom is -0.507 e. The fourth-order valence-electron chi connectivity index (χ4n) is 3.14. The summed E-state index contributed by atoms with van der Waals surface area (Å²) < 4.78 is 24.2. The summed E-state index contributed by atoms with van der Waals surface area (Å²) in [7, 11) is 0. The third-order valence-electron chi connectivity index (χ3n) is 4.57. The molecule has 2 aliphatic rings. The number of nitrogens with zero attached hydrogens (tertiary/aromatic N) is 1. The molecule has 1 saturated heterocycles. The van der Waals surface area contributed by atoms with Crippen molar-refractivity contribution < 1.29 is 23.8 Å². The summed E-state index contributed by atoms with van der Waals surface area (Å²) in [6.07, 6.45) is 1.58. The number of hydrogen-bond donors (Lipinski definition) is 1. The van der Waals surface area contributed by atoms with Crippen LogP contribution in [0.1, 0.15) is 21.5 Å². The molecule has 2 aromatic rings. The van der Waals surface area contributed by atoms with Gasteiger partial charge in [0.1, 0.15) is 17.3 Å². The summed E-state index contributed by atoms with van der Waals surface area (Å²) in [5, 5.41) is 10.3. The van der Waals surface area contributed by atoms with Crippen LogP contribution in [0.15, 0.2) is 42.2 Å². The number of carbonyl (C=O) groups is 1. The Kier molecular flexibility index (Phi) is 4.44. The van der Waals surface area contributed by atoms with Crippen molar-refractivity contribution in [2.45, 2.75) is 6.54 Å². The van der Waals surface area contributed by atoms with Gasteiger partial charge in [-0.05, 0) is 35.9 Å². The van der Waals surface area contributed by atoms with Crippen LogP contribution >= 0.6 is 0 Å². The number of phenolic OH excluding ortho intramolecular Hbond substituents is 1. The maximum atomic E-state index is 13.1. The standard InChI is InChI=1S/C20H18FNO4/c21-14-3-1-13(2-4-14)11-18-19(24)15-5-6-17(23)16(20(15)26-18)12-22-7-9-25-10-8-22/h1-6,11,23H,7-10,12H2. The van der Waals surface area contributed by atoms with Crippen LogP contribution in [0.2, 0.25) is 0 Å². The second kappa shape index (κ2) is 6.90. The number of aromatic hydroxyl groups is 1. The van der Waals surface area contributed by atoms with Crippen molar-refractivity contribution in [2.75, 3.05) is 26.3 Å². The molecular formula is C20H18FNO4. The first-order valence-corrected chi connectivity index (χ1v) is 8.46. The molecule has 0 saturated carbocycles. The van der Waals surface area contributed by atoms with Gasteiger partial charge in [-0.1, -0.05) is 12.1 Å². The number of ether oxygens (including phenoxy) is 2. The average molecular weight is 355 g/mol. The van der Waals surface area contributed by atoms with Gasteiger partial charge in [0.15, 0.2) is 5.76 Å². The van der Waals surface area contributed by atoms with Gasteiger partial charge in [0.05, 0.1) is 24.3 Å². The second-order valence-electron chi connectivity index (χ2n) is 6.32. The predicted octanol–water partition coefficient (Wildman–Crippen LogP) is 2.98. The largest absolute Gasteiger partial charge is 0.507 e. The molecule has 4 rings (SSSR count). The number of rotatable bonds is 3. The topological polar surface area (TPSA) is 59.0 Å². The van der Waals surface area contributed by atoms with E-state index in [9.17, 15) is 14.3 Å². The van der Waals surface area contributed by atoms with Gasteiger partial charge in [-0.2, -0.15) is 0 Å². The molecule has 0 aromatic heterocycles. The third-order valence-corrected chi connectivity index (χ3v) is 4.57. The third kappa shape index (κ3) is 3.21. The van der Waals surface area contributed by atoms with E-state index in [0.717, 1.165) is 13.1 Å². The van der Waals surface area contributed by atoms with E-state index in [1.807, 2.05) is 0 Å². The van der Waals surface area contributed by atoms with E-state index in [2.05, 4.69) is 4.90 Å². The van der Waals surface area contributed by atoms with Crippen molar-refractivity contribution in [3.05, 3.63) is 64.7 Å². The van der Waals surface area contributed by atoms with Crippen LogP contribution in [0, 0.1) is 5.82 Å². The van der Waals surface area contributed by atoms with Crippen LogP contribution in [0.4, 0.5) is 4.39 Å². The molecule has 2 aromatic carbocycles. The summed E-state index contributed by atoms with van der Waals surface area (Å²) >= 11 is 0. The number of halogens is 1. The normalized spacial score (nSPS) is 18.8. The van der Waals surface area contributed by atoms with Gasteiger partial charge in [-0.25, -0.2) is 4.39 Å². The summed E-state index contributed by atoms with van der Waals surface area (Å²) in [6, 6.07) is 8.91. The first-order valence-electron chi connectivity index (χ1n) is 8.46. The highest BCUT2D eigenvalue weighted by molar-refractivity contribution is 6.15. The number of hydrogen-bond acceptors (Lipinski definition) is 5. The molecule has 26 heavy (non-hydrogen) atoms. The van der Waals surface area contributed by atoms with Crippen LogP contribution in [0.25, 0.3) is 6.08 Å². The zero-order valence-electron chi connectivity index (χ0n) is 14.1. The number of ketones is 1. The maximum absolute atomic E-state index is 13.1. The van der Waals surface area contributed by atoms with Crippen LogP contribution in [0.5, 0.6) is 11.5 Å². The fraction of sp³-hybridized carbons (Fsp3) is 0.250. The van der Waals surface area contributed by atoms with Crippen molar-refractivity contribution in [1.29, 1.82) is 0 Å². The summed E-state index contributed by atoms with van der Waals surface area (Å²) in [5.41, 5.74) is 1.70. The summed E-state index contributed by atoms with van der Waals surface area (Å²) in [4.78, 5) is 14.8. The molecule has 1 fully saturated rings. The number of morpholine rings is 1. The molecule has 2 aliphatic heterocycles. The minimum absolute atomic E-state index is 0.103. The summed E-state index contributed by atoms with van der Waals surface area (Å²) in [6.45, 7) is 3.29. The lowest BCUT2D eigenvalue weighted by Gasteiger charge is -2.27. The van der Waals surface area contributed by atoms with E-state index in [0.29, 0.717) is 42.2 Å². The van der Waals surface area contributed by atoms with E-state index >= 15 is 0 Å². The van der Waals surface area contributed by atoms with Crippen molar-refractivity contribution >= 4 is 11.9 Å². The lowest BCUT2D eigenvalue weighted by Crippen LogP contribution is -2.35. The van der Waals surface area contributed by atoms with Gasteiger partial charge in [-0.15, -0.1) is 0 Å². The van der Waals surface area contributed by atoms with Gasteiger partial charge in [-0.3, -0.25) is 9.69 Å². The Hall–Kier alpha value is -2.70. The van der Waals surface area contributed by atoms with Crippen LogP contribution in [0.3, 0.4) is 0 Å². The van der Waals surface area contributed by atoms with Crippen LogP contribution in [-0.2, 0) is 11.3 Å². The Balaban J connectivity index is 1.64. The van der Waals surface area contributed by atoms with E-state index in [4.69, 9.17) is 9.47 Å². The molecule has 1 N–H and O–H groups in total. The lowest BCUT2D eigenvalue weighted by atomic mass is 10.0. The number of fused-ring (bicyclic) bond motifs is 1. The van der Waals surface area contributed by atoms with Crippen LogP contribution in [-0.4, -0.2) is 42.1 Å². The first-order chi connectivity index (χ1) is 12.6. The highest BCUT2D eigenvalue weighted by atomic mass is 19.1. The Morgan fingerprint density at radius 1 is 1.12 bits per heavy atom. The van der Waals surface area contributed by atoms with Gasteiger partial charge < -0.3 is 14.6 Å². The zero-order valence-corrected chi connectivity index (χ0v) is 14.1. The van der Waals surface area contributed by atoms with E-state index < -0.39 is 0 Å². The first kappa shape index (κ1) is 16.8. The molecule has 0 unspecified atom stereocenters. The molecule has 0 spiro atoms. The smallest absolute Gasteiger partial charge is 0.231 e. The van der Waals surface area contributed by atoms with Crippen LogP contribution < -0.4 is 4.74 Å². The highest BCUT2D eigenvalue weighted by Gasteiger charge is 2.31. The highest BCUT2D eigenvalue weighted by Crippen LogP contribution is 2.40. The van der Waals surface area contributed by atoms with Gasteiger partial charge in [0, 0.05) is 19.6 Å². The second-order valence-corrected chi connectivity index (χ2v) is 6.32. The van der Waals surface area contributed by atoms with Crippen molar-refractivity contribution in [3.8, 4) is 11.5 Å². The predicted molar refractivity (Wildman–Crippen MR) is 93.5 cm³/mol. The zero-order chi connectivity index (χ0) is 18.1. The van der Waals surface area contributed by atoms with Gasteiger partial charge in [0.2, 0.25) is 5.78 Å². The molecular weight excluding hydrogens is 337 g/mol.